The van der Waals surface area contributed by atoms with Crippen molar-refractivity contribution in [2.75, 3.05) is 5.32 Å². The Kier molecular flexibility index (Phi) is 5.63. The third-order valence-corrected chi connectivity index (χ3v) is 3.07. The number of hydrogen-bond acceptors (Lipinski definition) is 2. The summed E-state index contributed by atoms with van der Waals surface area (Å²) in [4.78, 5) is 22.5. The number of urea groups is 1. The molecule has 0 aliphatic rings. The summed E-state index contributed by atoms with van der Waals surface area (Å²) in [7, 11) is 0. The van der Waals surface area contributed by atoms with E-state index in [2.05, 4.69) is 39.8 Å². The first-order valence-electron chi connectivity index (χ1n) is 5.20. The molecule has 96 valence electrons. The van der Waals surface area contributed by atoms with Crippen LogP contribution >= 0.6 is 22.6 Å². The molecule has 1 aromatic carbocycles. The molecule has 0 aliphatic carbocycles. The van der Waals surface area contributed by atoms with Crippen molar-refractivity contribution in [2.24, 2.45) is 0 Å². The lowest BCUT2D eigenvalue weighted by Crippen LogP contribution is -2.42. The molecule has 0 saturated heterocycles. The standard InChI is InChI=1S/C12H13IN2O3/c1-2-5-10(11(16)17)15-12(18)14-9-7-4-3-6-8(9)13/h2-4,6-7,10H,1,5H2,(H,16,17)(H2,14,15,18). The van der Waals surface area contributed by atoms with Crippen LogP contribution in [0.15, 0.2) is 36.9 Å². The average molecular weight is 360 g/mol. The summed E-state index contributed by atoms with van der Waals surface area (Å²) < 4.78 is 0.876. The van der Waals surface area contributed by atoms with Crippen molar-refractivity contribution in [3.05, 3.63) is 40.5 Å². The van der Waals surface area contributed by atoms with E-state index in [0.29, 0.717) is 5.69 Å². The Balaban J connectivity index is 2.63. The smallest absolute Gasteiger partial charge is 0.326 e. The van der Waals surface area contributed by atoms with Gasteiger partial charge in [-0.1, -0.05) is 18.2 Å². The van der Waals surface area contributed by atoms with E-state index in [1.165, 1.54) is 6.08 Å². The lowest BCUT2D eigenvalue weighted by atomic mass is 10.2. The lowest BCUT2D eigenvalue weighted by Gasteiger charge is -2.14. The quantitative estimate of drug-likeness (QED) is 0.558. The SMILES string of the molecule is C=CCC(NC(=O)Nc1ccccc1I)C(=O)O. The molecular formula is C12H13IN2O3. The van der Waals surface area contributed by atoms with Gasteiger partial charge < -0.3 is 15.7 Å². The van der Waals surface area contributed by atoms with Crippen LogP contribution in [-0.2, 0) is 4.79 Å². The highest BCUT2D eigenvalue weighted by Crippen LogP contribution is 2.16. The summed E-state index contributed by atoms with van der Waals surface area (Å²) >= 11 is 2.08. The maximum atomic E-state index is 11.6. The molecule has 1 atom stereocenters. The van der Waals surface area contributed by atoms with Gasteiger partial charge in [0.05, 0.1) is 5.69 Å². The van der Waals surface area contributed by atoms with Crippen molar-refractivity contribution in [1.82, 2.24) is 5.32 Å². The molecule has 0 radical (unpaired) electrons. The molecule has 3 N–H and O–H groups in total. The molecule has 2 amide bonds. The van der Waals surface area contributed by atoms with E-state index in [9.17, 15) is 9.59 Å². The number of carbonyl (C=O) groups is 2. The van der Waals surface area contributed by atoms with Gasteiger partial charge in [0.15, 0.2) is 0 Å². The van der Waals surface area contributed by atoms with Crippen LogP contribution in [0.1, 0.15) is 6.42 Å². The Morgan fingerprint density at radius 1 is 1.44 bits per heavy atom. The van der Waals surface area contributed by atoms with Crippen LogP contribution in [0.2, 0.25) is 0 Å². The van der Waals surface area contributed by atoms with Gasteiger partial charge in [0.2, 0.25) is 0 Å². The van der Waals surface area contributed by atoms with Crippen molar-refractivity contribution in [3.8, 4) is 0 Å². The highest BCUT2D eigenvalue weighted by Gasteiger charge is 2.18. The number of halogens is 1. The molecule has 1 rings (SSSR count). The molecule has 0 bridgehead atoms. The molecule has 1 unspecified atom stereocenters. The van der Waals surface area contributed by atoms with Gasteiger partial charge in [-0.05, 0) is 41.1 Å². The molecule has 18 heavy (non-hydrogen) atoms. The molecule has 6 heteroatoms. The van der Waals surface area contributed by atoms with E-state index in [1.54, 1.807) is 12.1 Å². The monoisotopic (exact) mass is 360 g/mol. The van der Waals surface area contributed by atoms with E-state index < -0.39 is 18.0 Å². The predicted molar refractivity (Wildman–Crippen MR) is 77.6 cm³/mol. The van der Waals surface area contributed by atoms with Crippen molar-refractivity contribution < 1.29 is 14.7 Å². The molecule has 0 heterocycles. The van der Waals surface area contributed by atoms with E-state index in [-0.39, 0.29) is 6.42 Å². The number of nitrogens with one attached hydrogen (secondary N) is 2. The summed E-state index contributed by atoms with van der Waals surface area (Å²) in [5, 5.41) is 13.8. The van der Waals surface area contributed by atoms with E-state index in [4.69, 9.17) is 5.11 Å². The fraction of sp³-hybridized carbons (Fsp3) is 0.167. The van der Waals surface area contributed by atoms with Crippen molar-refractivity contribution in [1.29, 1.82) is 0 Å². The highest BCUT2D eigenvalue weighted by molar-refractivity contribution is 14.1. The number of rotatable bonds is 5. The third-order valence-electron chi connectivity index (χ3n) is 2.13. The van der Waals surface area contributed by atoms with Crippen molar-refractivity contribution in [2.45, 2.75) is 12.5 Å². The number of para-hydroxylation sites is 1. The second-order valence-electron chi connectivity index (χ2n) is 3.49. The van der Waals surface area contributed by atoms with E-state index >= 15 is 0 Å². The Morgan fingerprint density at radius 3 is 2.67 bits per heavy atom. The molecule has 0 aromatic heterocycles. The van der Waals surface area contributed by atoms with Gasteiger partial charge in [-0.15, -0.1) is 6.58 Å². The Morgan fingerprint density at radius 2 is 2.11 bits per heavy atom. The van der Waals surface area contributed by atoms with Gasteiger partial charge in [0.1, 0.15) is 6.04 Å². The van der Waals surface area contributed by atoms with Gasteiger partial charge in [-0.3, -0.25) is 0 Å². The maximum Gasteiger partial charge on any atom is 0.326 e. The maximum absolute atomic E-state index is 11.6. The molecule has 0 aliphatic heterocycles. The zero-order valence-corrected chi connectivity index (χ0v) is 11.7. The second kappa shape index (κ2) is 7.00. The molecule has 0 saturated carbocycles. The number of carboxylic acid groups (broad SMARTS) is 1. The van der Waals surface area contributed by atoms with Gasteiger partial charge in [0.25, 0.3) is 0 Å². The Bertz CT molecular complexity index is 462. The van der Waals surface area contributed by atoms with Crippen LogP contribution in [0.5, 0.6) is 0 Å². The first kappa shape index (κ1) is 14.5. The van der Waals surface area contributed by atoms with Crippen LogP contribution in [0.25, 0.3) is 0 Å². The minimum absolute atomic E-state index is 0.175. The minimum Gasteiger partial charge on any atom is -0.480 e. The summed E-state index contributed by atoms with van der Waals surface area (Å²) in [6.07, 6.45) is 1.62. The Hall–Kier alpha value is -1.57. The first-order valence-corrected chi connectivity index (χ1v) is 6.28. The molecule has 5 nitrogen and oxygen atoms in total. The fourth-order valence-corrected chi connectivity index (χ4v) is 1.79. The topological polar surface area (TPSA) is 78.4 Å². The van der Waals surface area contributed by atoms with Crippen LogP contribution in [0.3, 0.4) is 0 Å². The largest absolute Gasteiger partial charge is 0.480 e. The van der Waals surface area contributed by atoms with E-state index in [1.807, 2.05) is 12.1 Å². The van der Waals surface area contributed by atoms with Crippen LogP contribution in [0.4, 0.5) is 10.5 Å². The molecule has 0 fully saturated rings. The number of carbonyl (C=O) groups excluding carboxylic acids is 1. The Labute approximate surface area is 118 Å². The van der Waals surface area contributed by atoms with Gasteiger partial charge in [0, 0.05) is 3.57 Å². The van der Waals surface area contributed by atoms with Gasteiger partial charge in [-0.25, -0.2) is 9.59 Å². The van der Waals surface area contributed by atoms with Crippen LogP contribution in [-0.4, -0.2) is 23.1 Å². The number of benzene rings is 1. The minimum atomic E-state index is -1.09. The van der Waals surface area contributed by atoms with Crippen molar-refractivity contribution >= 4 is 40.3 Å². The van der Waals surface area contributed by atoms with Gasteiger partial charge in [-0.2, -0.15) is 0 Å². The lowest BCUT2D eigenvalue weighted by molar-refractivity contribution is -0.139. The van der Waals surface area contributed by atoms with Crippen LogP contribution < -0.4 is 10.6 Å². The van der Waals surface area contributed by atoms with Crippen LogP contribution in [0, 0.1) is 3.57 Å². The van der Waals surface area contributed by atoms with E-state index in [0.717, 1.165) is 3.57 Å². The zero-order chi connectivity index (χ0) is 13.5. The fourth-order valence-electron chi connectivity index (χ4n) is 1.27. The number of carboxylic acids is 1. The second-order valence-corrected chi connectivity index (χ2v) is 4.66. The normalized spacial score (nSPS) is 11.4. The summed E-state index contributed by atoms with van der Waals surface area (Å²) in [6, 6.07) is 5.70. The summed E-state index contributed by atoms with van der Waals surface area (Å²) in [5.41, 5.74) is 0.637. The van der Waals surface area contributed by atoms with Gasteiger partial charge >= 0.3 is 12.0 Å². The number of amides is 2. The predicted octanol–water partition coefficient (Wildman–Crippen LogP) is 2.44. The zero-order valence-electron chi connectivity index (χ0n) is 9.52. The third kappa shape index (κ3) is 4.36. The summed E-state index contributed by atoms with van der Waals surface area (Å²) in [6.45, 7) is 3.45. The van der Waals surface area contributed by atoms with Crippen molar-refractivity contribution in [3.63, 3.8) is 0 Å². The highest BCUT2D eigenvalue weighted by atomic mass is 127. The molecule has 0 spiro atoms. The number of hydrogen-bond donors (Lipinski definition) is 3. The molecule has 1 aromatic rings. The average Bonchev–Trinajstić information content (AvgIpc) is 2.31. The molecular weight excluding hydrogens is 347 g/mol. The summed E-state index contributed by atoms with van der Waals surface area (Å²) in [5.74, 6) is -1.09. The number of anilines is 1. The number of aliphatic carboxylic acids is 1. The first-order chi connectivity index (χ1) is 8.54.